The summed E-state index contributed by atoms with van der Waals surface area (Å²) >= 11 is 0. The summed E-state index contributed by atoms with van der Waals surface area (Å²) in [7, 11) is 1.67. The van der Waals surface area contributed by atoms with E-state index in [2.05, 4.69) is 34.6 Å². The van der Waals surface area contributed by atoms with Gasteiger partial charge in [-0.3, -0.25) is 9.78 Å². The number of carbonyl (C=O) groups excluding carboxylic acids is 1. The average molecular weight is 430 g/mol. The van der Waals surface area contributed by atoms with Crippen LogP contribution in [0.25, 0.3) is 11.1 Å². The standard InChI is InChI=1S/C26H27N3O3/c1-32-20-6-2-5-18(13-20)19-7-8-23-22(14-19)26-21(24(16-30)28-23)9-11-29(26)25(31)12-17-4-3-10-27-15-17/h2-8,10,13-15,21,24,26,28,30H,9,11-12,16H2,1H3/t21-,24+,26-/m1/s1. The van der Waals surface area contributed by atoms with Gasteiger partial charge in [0.1, 0.15) is 5.75 Å². The molecule has 1 saturated heterocycles. The Balaban J connectivity index is 1.51. The highest BCUT2D eigenvalue weighted by molar-refractivity contribution is 5.81. The zero-order valence-electron chi connectivity index (χ0n) is 18.1. The minimum atomic E-state index is -0.0636. The third-order valence-corrected chi connectivity index (χ3v) is 6.67. The molecule has 0 aliphatic carbocycles. The second kappa shape index (κ2) is 8.63. The maximum absolute atomic E-state index is 13.3. The van der Waals surface area contributed by atoms with Gasteiger partial charge in [-0.25, -0.2) is 0 Å². The second-order valence-electron chi connectivity index (χ2n) is 8.49. The third kappa shape index (κ3) is 3.71. The molecule has 5 rings (SSSR count). The van der Waals surface area contributed by atoms with Crippen molar-refractivity contribution in [3.8, 4) is 16.9 Å². The topological polar surface area (TPSA) is 74.7 Å². The van der Waals surface area contributed by atoms with Crippen molar-refractivity contribution in [2.24, 2.45) is 5.92 Å². The summed E-state index contributed by atoms with van der Waals surface area (Å²) in [5, 5.41) is 13.5. The molecular weight excluding hydrogens is 402 g/mol. The van der Waals surface area contributed by atoms with Gasteiger partial charge >= 0.3 is 0 Å². The number of aromatic nitrogens is 1. The smallest absolute Gasteiger partial charge is 0.227 e. The lowest BCUT2D eigenvalue weighted by Crippen LogP contribution is -2.43. The lowest BCUT2D eigenvalue weighted by Gasteiger charge is -2.39. The van der Waals surface area contributed by atoms with Crippen molar-refractivity contribution in [3.63, 3.8) is 0 Å². The zero-order valence-corrected chi connectivity index (χ0v) is 18.1. The van der Waals surface area contributed by atoms with Gasteiger partial charge in [0.2, 0.25) is 5.91 Å². The summed E-state index contributed by atoms with van der Waals surface area (Å²) < 4.78 is 5.39. The van der Waals surface area contributed by atoms with Gasteiger partial charge in [0.05, 0.1) is 32.2 Å². The first-order chi connectivity index (χ1) is 15.7. The fourth-order valence-corrected chi connectivity index (χ4v) is 5.10. The molecule has 164 valence electrons. The van der Waals surface area contributed by atoms with Crippen LogP contribution < -0.4 is 10.1 Å². The highest BCUT2D eigenvalue weighted by atomic mass is 16.5. The van der Waals surface area contributed by atoms with E-state index in [-0.39, 0.29) is 30.5 Å². The van der Waals surface area contributed by atoms with Crippen LogP contribution in [0.1, 0.15) is 23.6 Å². The van der Waals surface area contributed by atoms with Crippen LogP contribution in [0.15, 0.2) is 67.0 Å². The quantitative estimate of drug-likeness (QED) is 0.647. The van der Waals surface area contributed by atoms with Crippen molar-refractivity contribution in [1.29, 1.82) is 0 Å². The molecule has 0 unspecified atom stereocenters. The number of hydrogen-bond acceptors (Lipinski definition) is 5. The Labute approximate surface area is 187 Å². The van der Waals surface area contributed by atoms with Crippen molar-refractivity contribution < 1.29 is 14.6 Å². The maximum atomic E-state index is 13.3. The predicted octanol–water partition coefficient (Wildman–Crippen LogP) is 3.68. The molecule has 1 fully saturated rings. The summed E-state index contributed by atoms with van der Waals surface area (Å²) in [6.45, 7) is 0.734. The van der Waals surface area contributed by atoms with Crippen molar-refractivity contribution in [2.45, 2.75) is 24.9 Å². The number of ether oxygens (including phenoxy) is 1. The predicted molar refractivity (Wildman–Crippen MR) is 123 cm³/mol. The van der Waals surface area contributed by atoms with Crippen LogP contribution >= 0.6 is 0 Å². The molecule has 1 aromatic heterocycles. The summed E-state index contributed by atoms with van der Waals surface area (Å²) in [4.78, 5) is 19.4. The van der Waals surface area contributed by atoms with E-state index in [1.165, 1.54) is 0 Å². The van der Waals surface area contributed by atoms with E-state index in [4.69, 9.17) is 4.74 Å². The minimum absolute atomic E-state index is 0.0445. The Kier molecular flexibility index (Phi) is 5.53. The number of aliphatic hydroxyl groups is 1. The highest BCUT2D eigenvalue weighted by Crippen LogP contribution is 2.47. The summed E-state index contributed by atoms with van der Waals surface area (Å²) in [5.74, 6) is 1.08. The van der Waals surface area contributed by atoms with Crippen LogP contribution in [0.5, 0.6) is 5.75 Å². The molecule has 2 aliphatic rings. The van der Waals surface area contributed by atoms with Gasteiger partial charge in [-0.2, -0.15) is 0 Å². The SMILES string of the molecule is COc1cccc(-c2ccc3c(c2)[C@H]2[C@H](CCN2C(=O)Cc2cccnc2)[C@H](CO)N3)c1. The lowest BCUT2D eigenvalue weighted by atomic mass is 9.82. The van der Waals surface area contributed by atoms with E-state index in [0.29, 0.717) is 13.0 Å². The Morgan fingerprint density at radius 1 is 1.19 bits per heavy atom. The monoisotopic (exact) mass is 429 g/mol. The van der Waals surface area contributed by atoms with E-state index < -0.39 is 0 Å². The lowest BCUT2D eigenvalue weighted by molar-refractivity contribution is -0.131. The number of amides is 1. The number of hydrogen-bond donors (Lipinski definition) is 2. The Bertz CT molecular complexity index is 1120. The van der Waals surface area contributed by atoms with Gasteiger partial charge in [-0.1, -0.05) is 24.3 Å². The van der Waals surface area contributed by atoms with E-state index in [1.807, 2.05) is 35.2 Å². The highest BCUT2D eigenvalue weighted by Gasteiger charge is 2.45. The van der Waals surface area contributed by atoms with Gasteiger partial charge < -0.3 is 20.1 Å². The molecular formula is C26H27N3O3. The van der Waals surface area contributed by atoms with Gasteiger partial charge in [0.15, 0.2) is 0 Å². The maximum Gasteiger partial charge on any atom is 0.227 e. The Morgan fingerprint density at radius 3 is 2.84 bits per heavy atom. The number of nitrogens with zero attached hydrogens (tertiary/aromatic N) is 2. The molecule has 32 heavy (non-hydrogen) atoms. The number of methoxy groups -OCH3 is 1. The summed E-state index contributed by atoms with van der Waals surface area (Å²) in [6, 6.07) is 18.0. The molecule has 6 nitrogen and oxygen atoms in total. The van der Waals surface area contributed by atoms with Crippen LogP contribution in [0.4, 0.5) is 5.69 Å². The summed E-state index contributed by atoms with van der Waals surface area (Å²) in [5.41, 5.74) is 5.16. The number of likely N-dealkylation sites (tertiary alicyclic amines) is 1. The first-order valence-corrected chi connectivity index (χ1v) is 11.0. The molecule has 3 aromatic rings. The Hall–Kier alpha value is -3.38. The molecule has 1 amide bonds. The number of pyridine rings is 1. The first-order valence-electron chi connectivity index (χ1n) is 11.0. The fraction of sp³-hybridized carbons (Fsp3) is 0.308. The van der Waals surface area contributed by atoms with Crippen molar-refractivity contribution in [1.82, 2.24) is 9.88 Å². The number of rotatable bonds is 5. The van der Waals surface area contributed by atoms with Crippen LogP contribution in [-0.2, 0) is 11.2 Å². The number of carbonyl (C=O) groups is 1. The van der Waals surface area contributed by atoms with Gasteiger partial charge in [-0.15, -0.1) is 0 Å². The molecule has 3 heterocycles. The molecule has 0 radical (unpaired) electrons. The summed E-state index contributed by atoms with van der Waals surface area (Å²) in [6.07, 6.45) is 4.66. The zero-order chi connectivity index (χ0) is 22.1. The van der Waals surface area contributed by atoms with E-state index in [0.717, 1.165) is 40.1 Å². The Morgan fingerprint density at radius 2 is 2.06 bits per heavy atom. The van der Waals surface area contributed by atoms with Crippen molar-refractivity contribution in [2.75, 3.05) is 25.6 Å². The molecule has 0 spiro atoms. The number of benzene rings is 2. The minimum Gasteiger partial charge on any atom is -0.497 e. The van der Waals surface area contributed by atoms with Gasteiger partial charge in [0, 0.05) is 30.5 Å². The van der Waals surface area contributed by atoms with Crippen molar-refractivity contribution in [3.05, 3.63) is 78.1 Å². The largest absolute Gasteiger partial charge is 0.497 e. The van der Waals surface area contributed by atoms with Crippen molar-refractivity contribution >= 4 is 11.6 Å². The fourth-order valence-electron chi connectivity index (χ4n) is 5.10. The van der Waals surface area contributed by atoms with E-state index in [1.54, 1.807) is 19.5 Å². The first kappa shape index (κ1) is 20.5. The number of nitrogens with one attached hydrogen (secondary N) is 1. The number of anilines is 1. The van der Waals surface area contributed by atoms with Crippen LogP contribution in [0.3, 0.4) is 0 Å². The second-order valence-corrected chi connectivity index (χ2v) is 8.49. The molecule has 2 aliphatic heterocycles. The van der Waals surface area contributed by atoms with E-state index in [9.17, 15) is 9.90 Å². The number of fused-ring (bicyclic) bond motifs is 3. The number of aliphatic hydroxyl groups excluding tert-OH is 1. The van der Waals surface area contributed by atoms with Gasteiger partial charge in [0.25, 0.3) is 0 Å². The normalized spacial score (nSPS) is 21.4. The molecule has 6 heteroatoms. The van der Waals surface area contributed by atoms with Crippen LogP contribution in [-0.4, -0.2) is 47.2 Å². The van der Waals surface area contributed by atoms with Crippen LogP contribution in [0.2, 0.25) is 0 Å². The van der Waals surface area contributed by atoms with E-state index >= 15 is 0 Å². The molecule has 0 saturated carbocycles. The average Bonchev–Trinajstić information content (AvgIpc) is 3.30. The molecule has 3 atom stereocenters. The molecule has 0 bridgehead atoms. The molecule has 2 aromatic carbocycles. The van der Waals surface area contributed by atoms with Crippen LogP contribution in [0, 0.1) is 5.92 Å². The third-order valence-electron chi connectivity index (χ3n) is 6.67. The molecule has 2 N–H and O–H groups in total. The van der Waals surface area contributed by atoms with Gasteiger partial charge in [-0.05, 0) is 59.0 Å².